The highest BCUT2D eigenvalue weighted by Gasteiger charge is 2.68. The number of carbonyl (C=O) groups is 1. The molecule has 0 amide bonds. The molecule has 5 rings (SSSR count). The molecule has 0 bridgehead atoms. The van der Waals surface area contributed by atoms with E-state index in [1.54, 1.807) is 0 Å². The molecule has 9 atom stereocenters. The summed E-state index contributed by atoms with van der Waals surface area (Å²) in [6, 6.07) is 0. The number of fused-ring (bicyclic) bond motifs is 8. The molecule has 1 saturated heterocycles. The van der Waals surface area contributed by atoms with Crippen LogP contribution in [0.3, 0.4) is 0 Å². The number of ketones is 1. The zero-order chi connectivity index (χ0) is 19.4. The Balaban J connectivity index is 1.61. The van der Waals surface area contributed by atoms with Crippen molar-refractivity contribution in [2.24, 2.45) is 34.5 Å². The van der Waals surface area contributed by atoms with Crippen molar-refractivity contribution in [2.45, 2.75) is 89.0 Å². The fraction of sp³-hybridized carbons (Fsp3) is 0.870. The van der Waals surface area contributed by atoms with Crippen molar-refractivity contribution in [3.05, 3.63) is 12.2 Å². The Bertz CT molecular complexity index is 702. The summed E-state index contributed by atoms with van der Waals surface area (Å²) in [5.74, 6) is 1.84. The molecule has 0 aromatic rings. The summed E-state index contributed by atoms with van der Waals surface area (Å²) in [4.78, 5) is 12.6. The van der Waals surface area contributed by atoms with Crippen LogP contribution >= 0.6 is 15.9 Å². The van der Waals surface area contributed by atoms with Crippen LogP contribution in [0.1, 0.15) is 66.2 Å². The molecule has 0 aromatic heterocycles. The molecule has 1 aliphatic heterocycles. The highest BCUT2D eigenvalue weighted by molar-refractivity contribution is 9.10. The summed E-state index contributed by atoms with van der Waals surface area (Å²) in [5.41, 5.74) is 1.84. The molecule has 4 aliphatic carbocycles. The standard InChI is InChI=1S/C23H33BrO3/c1-12-6-7-13-18-14(8-9-22(12,13)4)23(5)11-16(24)17(25)10-15(23)19-20(18)27-21(2,3)26-19/h13-16,18-20H,1,6-11H2,2-5H3/t13-,14-,15+,16?,18?,19+,20+,22+,23+/m0/s1. The Kier molecular flexibility index (Phi) is 3.97. The Morgan fingerprint density at radius 3 is 2.48 bits per heavy atom. The number of alkyl halides is 1. The molecule has 2 unspecified atom stereocenters. The second kappa shape index (κ2) is 5.70. The summed E-state index contributed by atoms with van der Waals surface area (Å²) in [5, 5.41) is 0. The van der Waals surface area contributed by atoms with E-state index in [9.17, 15) is 4.79 Å². The molecule has 5 fully saturated rings. The molecule has 4 heteroatoms. The summed E-state index contributed by atoms with van der Waals surface area (Å²) in [7, 11) is 0. The Morgan fingerprint density at radius 1 is 1.04 bits per heavy atom. The Labute approximate surface area is 171 Å². The molecule has 1 heterocycles. The van der Waals surface area contributed by atoms with E-state index in [2.05, 4.69) is 36.4 Å². The molecular weight excluding hydrogens is 404 g/mol. The smallest absolute Gasteiger partial charge is 0.163 e. The minimum Gasteiger partial charge on any atom is -0.344 e. The molecule has 0 spiro atoms. The highest BCUT2D eigenvalue weighted by Crippen LogP contribution is 2.69. The van der Waals surface area contributed by atoms with Crippen LogP contribution in [0.2, 0.25) is 0 Å². The molecule has 0 aromatic carbocycles. The molecule has 0 N–H and O–H groups in total. The van der Waals surface area contributed by atoms with E-state index >= 15 is 0 Å². The quantitative estimate of drug-likeness (QED) is 0.383. The molecule has 3 nitrogen and oxygen atoms in total. The van der Waals surface area contributed by atoms with Gasteiger partial charge in [-0.3, -0.25) is 4.79 Å². The minimum absolute atomic E-state index is 0.00173. The predicted molar refractivity (Wildman–Crippen MR) is 109 cm³/mol. The van der Waals surface area contributed by atoms with Gasteiger partial charge < -0.3 is 9.47 Å². The minimum atomic E-state index is -0.553. The number of Topliss-reactive ketones (excluding diaryl/α,β-unsaturated/α-hetero) is 1. The van der Waals surface area contributed by atoms with Gasteiger partial charge in [-0.15, -0.1) is 0 Å². The van der Waals surface area contributed by atoms with Crippen molar-refractivity contribution < 1.29 is 14.3 Å². The lowest BCUT2D eigenvalue weighted by Crippen LogP contribution is -2.63. The van der Waals surface area contributed by atoms with E-state index in [4.69, 9.17) is 9.47 Å². The average molecular weight is 437 g/mol. The van der Waals surface area contributed by atoms with Gasteiger partial charge in [0.2, 0.25) is 0 Å². The van der Waals surface area contributed by atoms with Gasteiger partial charge in [-0.2, -0.15) is 0 Å². The van der Waals surface area contributed by atoms with Crippen molar-refractivity contribution in [3.8, 4) is 0 Å². The maximum absolute atomic E-state index is 12.6. The third-order valence-corrected chi connectivity index (χ3v) is 10.1. The number of ether oxygens (including phenoxy) is 2. The highest BCUT2D eigenvalue weighted by atomic mass is 79.9. The SMILES string of the molecule is C=C1CC[C@H]2C3[C@H]4OC(C)(C)O[C@@H]4[C@H]4CC(=O)C(Br)C[C@]4(C)[C@H]3CC[C@]12C. The van der Waals surface area contributed by atoms with E-state index in [1.165, 1.54) is 24.8 Å². The monoisotopic (exact) mass is 436 g/mol. The molecule has 27 heavy (non-hydrogen) atoms. The Morgan fingerprint density at radius 2 is 1.74 bits per heavy atom. The largest absolute Gasteiger partial charge is 0.344 e. The number of rotatable bonds is 0. The van der Waals surface area contributed by atoms with Crippen LogP contribution in [-0.2, 0) is 14.3 Å². The number of hydrogen-bond acceptors (Lipinski definition) is 3. The van der Waals surface area contributed by atoms with Crippen LogP contribution in [0.5, 0.6) is 0 Å². The first kappa shape index (κ1) is 18.8. The second-order valence-corrected chi connectivity index (χ2v) is 12.0. The summed E-state index contributed by atoms with van der Waals surface area (Å²) < 4.78 is 13.1. The van der Waals surface area contributed by atoms with Gasteiger partial charge in [0.15, 0.2) is 5.79 Å². The van der Waals surface area contributed by atoms with Crippen molar-refractivity contribution in [2.75, 3.05) is 0 Å². The number of hydrogen-bond donors (Lipinski definition) is 0. The Hall–Kier alpha value is -0.190. The van der Waals surface area contributed by atoms with Gasteiger partial charge >= 0.3 is 0 Å². The zero-order valence-electron chi connectivity index (χ0n) is 17.1. The van der Waals surface area contributed by atoms with Gasteiger partial charge in [-0.1, -0.05) is 41.9 Å². The fourth-order valence-electron chi connectivity index (χ4n) is 7.90. The molecule has 150 valence electrons. The topological polar surface area (TPSA) is 35.5 Å². The lowest BCUT2D eigenvalue weighted by Gasteiger charge is -2.62. The van der Waals surface area contributed by atoms with Crippen LogP contribution in [0, 0.1) is 34.5 Å². The first-order valence-corrected chi connectivity index (χ1v) is 11.7. The zero-order valence-corrected chi connectivity index (χ0v) is 18.7. The van der Waals surface area contributed by atoms with Crippen LogP contribution in [-0.4, -0.2) is 28.6 Å². The third-order valence-electron chi connectivity index (χ3n) is 9.31. The van der Waals surface area contributed by atoms with Gasteiger partial charge in [-0.05, 0) is 74.5 Å². The first-order chi connectivity index (χ1) is 12.6. The maximum atomic E-state index is 12.6. The van der Waals surface area contributed by atoms with E-state index < -0.39 is 5.79 Å². The van der Waals surface area contributed by atoms with Crippen molar-refractivity contribution in [3.63, 3.8) is 0 Å². The van der Waals surface area contributed by atoms with Crippen LogP contribution in [0.25, 0.3) is 0 Å². The average Bonchev–Trinajstić information content (AvgIpc) is 3.06. The second-order valence-electron chi connectivity index (χ2n) is 10.9. The van der Waals surface area contributed by atoms with Gasteiger partial charge in [0, 0.05) is 12.3 Å². The summed E-state index contributed by atoms with van der Waals surface area (Å²) >= 11 is 3.70. The van der Waals surface area contributed by atoms with Crippen molar-refractivity contribution >= 4 is 21.7 Å². The lowest BCUT2D eigenvalue weighted by atomic mass is 9.44. The van der Waals surface area contributed by atoms with Crippen LogP contribution < -0.4 is 0 Å². The molecule has 0 radical (unpaired) electrons. The van der Waals surface area contributed by atoms with Crippen molar-refractivity contribution in [1.29, 1.82) is 0 Å². The van der Waals surface area contributed by atoms with E-state index in [0.29, 0.717) is 30.0 Å². The first-order valence-electron chi connectivity index (χ1n) is 10.8. The van der Waals surface area contributed by atoms with Gasteiger partial charge in [0.05, 0.1) is 17.0 Å². The molecular formula is C23H33BrO3. The normalized spacial score (nSPS) is 56.3. The van der Waals surface area contributed by atoms with Crippen molar-refractivity contribution in [1.82, 2.24) is 0 Å². The number of halogens is 1. The van der Waals surface area contributed by atoms with E-state index in [-0.39, 0.29) is 33.8 Å². The molecule has 4 saturated carbocycles. The third kappa shape index (κ3) is 2.42. The van der Waals surface area contributed by atoms with Gasteiger partial charge in [-0.25, -0.2) is 0 Å². The maximum Gasteiger partial charge on any atom is 0.163 e. The summed E-state index contributed by atoms with van der Waals surface area (Å²) in [6.45, 7) is 13.5. The number of allylic oxidation sites excluding steroid dienone is 1. The predicted octanol–water partition coefficient (Wildman–Crippen LogP) is 5.27. The van der Waals surface area contributed by atoms with E-state index in [0.717, 1.165) is 12.8 Å². The lowest BCUT2D eigenvalue weighted by molar-refractivity contribution is -0.174. The molecule has 5 aliphatic rings. The van der Waals surface area contributed by atoms with Crippen LogP contribution in [0.4, 0.5) is 0 Å². The van der Waals surface area contributed by atoms with E-state index in [1.807, 2.05) is 13.8 Å². The number of carbonyl (C=O) groups excluding carboxylic acids is 1. The summed E-state index contributed by atoms with van der Waals surface area (Å²) in [6.07, 6.45) is 6.60. The van der Waals surface area contributed by atoms with Gasteiger partial charge in [0.25, 0.3) is 0 Å². The van der Waals surface area contributed by atoms with Gasteiger partial charge in [0.1, 0.15) is 5.78 Å². The van der Waals surface area contributed by atoms with Crippen LogP contribution in [0.15, 0.2) is 12.2 Å². The fourth-order valence-corrected chi connectivity index (χ4v) is 8.79.